The second kappa shape index (κ2) is 20.4. The predicted octanol–water partition coefficient (Wildman–Crippen LogP) is 20.0. The van der Waals surface area contributed by atoms with Gasteiger partial charge in [-0.15, -0.1) is 0 Å². The average molecular weight is 1230 g/mol. The Morgan fingerprint density at radius 2 is 0.630 bits per heavy atom. The molecule has 73 heavy (non-hydrogen) atoms. The molecule has 5 aromatic carbocycles. The molecule has 0 radical (unpaired) electrons. The SMILES string of the molecule is CC(C)c1ccc([S+](c2ccc(C(C)C)cc2)c2ccc(C(C)C)cc2)cc1.CC1=CC(F)(F)C(F)(F)C(C)(F)C1(F)[S+](c1c(C)cccc1C)c1c(C)cccc1C.F[As-](F)(F)(F)(F)F.F[As-](F)(F)(F)(F)F. The zero-order chi connectivity index (χ0) is 56.6. The Bertz CT molecular complexity index is 2470. The monoisotopic (exact) mass is 1230 g/mol. The third-order valence-corrected chi connectivity index (χ3v) is 17.0. The predicted molar refractivity (Wildman–Crippen MR) is 261 cm³/mol. The number of halogens is 18. The molecule has 0 aromatic heterocycles. The van der Waals surface area contributed by atoms with E-state index in [1.165, 1.54) is 31.4 Å². The Morgan fingerprint density at radius 1 is 0.397 bits per heavy atom. The van der Waals surface area contributed by atoms with Crippen molar-refractivity contribution in [3.8, 4) is 0 Å². The van der Waals surface area contributed by atoms with E-state index in [0.29, 0.717) is 49.8 Å². The minimum atomic E-state index is -11.1. The molecule has 0 N–H and O–H groups in total. The Labute approximate surface area is 423 Å². The van der Waals surface area contributed by atoms with E-state index in [9.17, 15) is 59.2 Å². The van der Waals surface area contributed by atoms with Gasteiger partial charge in [0.25, 0.3) is 5.67 Å². The topological polar surface area (TPSA) is 0 Å². The van der Waals surface area contributed by atoms with Gasteiger partial charge in [-0.2, -0.15) is 22.0 Å². The molecule has 2 unspecified atom stereocenters. The Hall–Kier alpha value is -3.60. The molecule has 6 rings (SSSR count). The average Bonchev–Trinajstić information content (AvgIpc) is 3.20. The van der Waals surface area contributed by atoms with E-state index in [4.69, 9.17) is 0 Å². The van der Waals surface area contributed by atoms with Crippen molar-refractivity contribution < 1.29 is 67.9 Å². The van der Waals surface area contributed by atoms with Crippen molar-refractivity contribution in [2.75, 3.05) is 0 Å². The zero-order valence-electron chi connectivity index (χ0n) is 41.7. The molecular formula is C51H58As2F18S2. The van der Waals surface area contributed by atoms with Gasteiger partial charge in [0.15, 0.2) is 24.5 Å². The first kappa shape index (κ1) is 63.7. The first-order valence-corrected chi connectivity index (χ1v) is 33.2. The minimum absolute atomic E-state index is 0.0791. The molecule has 5 aromatic rings. The van der Waals surface area contributed by atoms with Crippen molar-refractivity contribution in [1.29, 1.82) is 0 Å². The van der Waals surface area contributed by atoms with Gasteiger partial charge in [0, 0.05) is 27.8 Å². The standard InChI is InChI=1S/C27H33S.C24H25F6S.2AsF6/c1-19(2)22-7-13-25(14-8-22)28(26-15-9-23(10-16-26)20(3)4)27-17-11-24(12-18-27)21(5)6;1-14-9-7-10-15(2)19(14)31(20-16(3)11-8-12-17(20)4)23(28)18(5)13-22(26,27)24(29,30)21(23,6)25;2*2-1(3,4,5,6)7/h7-21H,1-6H3;7-13H,1-6H3;;/q2*+1;2*-1. The number of allylic oxidation sites excluding steroid dienone is 1. The third-order valence-electron chi connectivity index (χ3n) is 11.4. The summed E-state index contributed by atoms with van der Waals surface area (Å²) in [5, 5.41) is -3.40. The number of alkyl halides is 6. The number of benzene rings is 5. The normalized spacial score (nSPS) is 20.6. The molecule has 0 amide bonds. The van der Waals surface area contributed by atoms with Crippen molar-refractivity contribution >= 4 is 50.1 Å². The Morgan fingerprint density at radius 3 is 0.849 bits per heavy atom. The van der Waals surface area contributed by atoms with Crippen molar-refractivity contribution in [3.63, 3.8) is 0 Å². The zero-order valence-corrected chi connectivity index (χ0v) is 47.1. The van der Waals surface area contributed by atoms with E-state index in [2.05, 4.69) is 114 Å². The molecule has 410 valence electrons. The van der Waals surface area contributed by atoms with Gasteiger partial charge < -0.3 is 0 Å². The molecule has 2 atom stereocenters. The molecule has 0 bridgehead atoms. The van der Waals surface area contributed by atoms with Crippen LogP contribution < -0.4 is 0 Å². The van der Waals surface area contributed by atoms with Crippen LogP contribution in [0.4, 0.5) is 67.9 Å². The van der Waals surface area contributed by atoms with Crippen LogP contribution in [-0.4, -0.2) is 50.9 Å². The molecule has 0 saturated carbocycles. The molecule has 0 saturated heterocycles. The van der Waals surface area contributed by atoms with Gasteiger partial charge in [-0.05, 0) is 118 Å². The Balaban J connectivity index is 0.000000306. The molecule has 0 fully saturated rings. The molecule has 0 heterocycles. The van der Waals surface area contributed by atoms with E-state index in [0.717, 1.165) is 6.92 Å². The third kappa shape index (κ3) is 17.7. The van der Waals surface area contributed by atoms with Crippen molar-refractivity contribution in [2.45, 2.75) is 148 Å². The van der Waals surface area contributed by atoms with E-state index in [-0.39, 0.29) is 23.9 Å². The summed E-state index contributed by atoms with van der Waals surface area (Å²) in [6.07, 6.45) is -0.102. The molecule has 22 heteroatoms. The second-order valence-electron chi connectivity index (χ2n) is 18.8. The Kier molecular flexibility index (Phi) is 17.8. The van der Waals surface area contributed by atoms with Crippen LogP contribution >= 0.6 is 0 Å². The quantitative estimate of drug-likeness (QED) is 0.0597. The fourth-order valence-electron chi connectivity index (χ4n) is 7.69. The van der Waals surface area contributed by atoms with Crippen LogP contribution in [0.5, 0.6) is 0 Å². The number of hydrogen-bond acceptors (Lipinski definition) is 0. The van der Waals surface area contributed by atoms with Crippen molar-refractivity contribution in [2.24, 2.45) is 0 Å². The van der Waals surface area contributed by atoms with Gasteiger partial charge in [0.2, 0.25) is 0 Å². The number of hydrogen-bond donors (Lipinski definition) is 0. The van der Waals surface area contributed by atoms with Crippen LogP contribution in [-0.2, 0) is 21.8 Å². The van der Waals surface area contributed by atoms with E-state index < -0.39 is 67.3 Å². The molecule has 0 nitrogen and oxygen atoms in total. The second-order valence-corrected chi connectivity index (χ2v) is 30.8. The van der Waals surface area contributed by atoms with Crippen molar-refractivity contribution in [1.82, 2.24) is 0 Å². The summed E-state index contributed by atoms with van der Waals surface area (Å²) in [6, 6.07) is 37.9. The van der Waals surface area contributed by atoms with Gasteiger partial charge in [-0.25, -0.2) is 4.39 Å². The summed E-state index contributed by atoms with van der Waals surface area (Å²) in [4.78, 5) is 4.86. The van der Waals surface area contributed by atoms with E-state index in [1.54, 1.807) is 64.1 Å². The molecule has 0 spiro atoms. The van der Waals surface area contributed by atoms with Crippen LogP contribution in [0.15, 0.2) is 145 Å². The van der Waals surface area contributed by atoms with E-state index >= 15 is 8.78 Å². The first-order chi connectivity index (χ1) is 32.4. The van der Waals surface area contributed by atoms with Crippen LogP contribution in [0.3, 0.4) is 0 Å². The van der Waals surface area contributed by atoms with Crippen LogP contribution in [0.2, 0.25) is 0 Å². The molecule has 1 aliphatic carbocycles. The summed E-state index contributed by atoms with van der Waals surface area (Å²) in [5.74, 6) is -8.37. The summed E-state index contributed by atoms with van der Waals surface area (Å²) in [6.45, 7) is 21.5. The van der Waals surface area contributed by atoms with Crippen molar-refractivity contribution in [3.05, 3.63) is 160 Å². The van der Waals surface area contributed by atoms with E-state index in [1.807, 2.05) is 0 Å². The molecule has 0 aliphatic heterocycles. The van der Waals surface area contributed by atoms with Crippen LogP contribution in [0.1, 0.15) is 112 Å². The maximum absolute atomic E-state index is 17.1. The fraction of sp³-hybridized carbons (Fsp3) is 0.373. The molecular weight excluding hydrogens is 1170 g/mol. The molecule has 1 aliphatic rings. The maximum atomic E-state index is 17.1. The fourth-order valence-corrected chi connectivity index (χ4v) is 13.0. The summed E-state index contributed by atoms with van der Waals surface area (Å²) in [5.41, 5.74) is 1.60. The number of rotatable bonds is 9. The first-order valence-electron chi connectivity index (χ1n) is 22.2. The van der Waals surface area contributed by atoms with Gasteiger partial charge in [0.1, 0.15) is 10.9 Å². The van der Waals surface area contributed by atoms with Crippen LogP contribution in [0.25, 0.3) is 0 Å². The van der Waals surface area contributed by atoms with Gasteiger partial charge in [-0.3, -0.25) is 0 Å². The summed E-state index contributed by atoms with van der Waals surface area (Å²) < 4.78 is 210. The number of aryl methyl sites for hydroxylation is 4. The summed E-state index contributed by atoms with van der Waals surface area (Å²) >= 11 is -22.1. The van der Waals surface area contributed by atoms with Crippen LogP contribution in [0, 0.1) is 27.7 Å². The summed E-state index contributed by atoms with van der Waals surface area (Å²) in [7, 11) is -2.03. The van der Waals surface area contributed by atoms with Gasteiger partial charge in [0.05, 0.1) is 10.9 Å². The van der Waals surface area contributed by atoms with Gasteiger partial charge >= 0.3 is 86.8 Å². The van der Waals surface area contributed by atoms with Gasteiger partial charge in [-0.1, -0.05) is 114 Å².